The average Bonchev–Trinajstić information content (AvgIpc) is 2.86. The molecule has 2 heterocycles. The summed E-state index contributed by atoms with van der Waals surface area (Å²) in [7, 11) is -3.08. The maximum atomic E-state index is 11.7. The van der Waals surface area contributed by atoms with Crippen molar-refractivity contribution in [1.29, 1.82) is 0 Å². The Balaban J connectivity index is 2.19. The SMILES string of the molecule is CCCS(=O)(=O)Cc1ncc(-c2n[nH]c(=S)o2)s1. The van der Waals surface area contributed by atoms with E-state index in [1.807, 2.05) is 6.92 Å². The van der Waals surface area contributed by atoms with Gasteiger partial charge in [0, 0.05) is 0 Å². The molecule has 0 amide bonds. The number of sulfone groups is 1. The molecule has 0 spiro atoms. The smallest absolute Gasteiger partial charge is 0.284 e. The Morgan fingerprint density at radius 3 is 2.94 bits per heavy atom. The fourth-order valence-corrected chi connectivity index (χ4v) is 4.14. The maximum Gasteiger partial charge on any atom is 0.284 e. The van der Waals surface area contributed by atoms with E-state index in [4.69, 9.17) is 16.6 Å². The van der Waals surface area contributed by atoms with Crippen LogP contribution >= 0.6 is 23.6 Å². The summed E-state index contributed by atoms with van der Waals surface area (Å²) in [4.78, 5) is 4.90. The van der Waals surface area contributed by atoms with E-state index in [1.54, 1.807) is 0 Å². The molecule has 2 aromatic rings. The van der Waals surface area contributed by atoms with Gasteiger partial charge in [0.15, 0.2) is 9.84 Å². The van der Waals surface area contributed by atoms with Crippen molar-refractivity contribution < 1.29 is 12.8 Å². The Kier molecular flexibility index (Phi) is 3.93. The van der Waals surface area contributed by atoms with Gasteiger partial charge < -0.3 is 4.42 Å². The fourth-order valence-electron chi connectivity index (χ4n) is 1.38. The molecule has 2 rings (SSSR count). The van der Waals surface area contributed by atoms with Gasteiger partial charge in [-0.1, -0.05) is 6.92 Å². The molecule has 2 aromatic heterocycles. The number of hydrogen-bond donors (Lipinski definition) is 1. The van der Waals surface area contributed by atoms with Gasteiger partial charge in [0.05, 0.1) is 11.9 Å². The molecule has 0 saturated carbocycles. The standard InChI is InChI=1S/C9H11N3O3S3/c1-2-3-18(13,14)5-7-10-4-6(17-7)8-11-12-9(16)15-8/h4H,2-3,5H2,1H3,(H,12,16). The Labute approximate surface area is 113 Å². The highest BCUT2D eigenvalue weighted by atomic mass is 32.2. The number of H-pyrrole nitrogens is 1. The second-order valence-electron chi connectivity index (χ2n) is 3.63. The van der Waals surface area contributed by atoms with E-state index < -0.39 is 9.84 Å². The van der Waals surface area contributed by atoms with Gasteiger partial charge in [-0.25, -0.2) is 18.5 Å². The van der Waals surface area contributed by atoms with Crippen LogP contribution in [0.25, 0.3) is 10.8 Å². The van der Waals surface area contributed by atoms with Crippen LogP contribution in [-0.4, -0.2) is 29.4 Å². The lowest BCUT2D eigenvalue weighted by molar-refractivity contribution is 0.553. The summed E-state index contributed by atoms with van der Waals surface area (Å²) in [6.45, 7) is 1.83. The molecular weight excluding hydrogens is 294 g/mol. The Hall–Kier alpha value is -1.06. The van der Waals surface area contributed by atoms with E-state index in [2.05, 4.69) is 15.2 Å². The van der Waals surface area contributed by atoms with E-state index in [0.29, 0.717) is 22.2 Å². The first kappa shape index (κ1) is 13.4. The van der Waals surface area contributed by atoms with Crippen molar-refractivity contribution in [3.63, 3.8) is 0 Å². The van der Waals surface area contributed by atoms with Crippen LogP contribution in [0.4, 0.5) is 0 Å². The first-order valence-electron chi connectivity index (χ1n) is 5.21. The van der Waals surface area contributed by atoms with Crippen molar-refractivity contribution in [2.24, 2.45) is 0 Å². The van der Waals surface area contributed by atoms with Crippen LogP contribution in [-0.2, 0) is 15.6 Å². The van der Waals surface area contributed by atoms with Gasteiger partial charge in [0.2, 0.25) is 0 Å². The van der Waals surface area contributed by atoms with Crippen LogP contribution in [0.1, 0.15) is 18.4 Å². The average molecular weight is 305 g/mol. The molecule has 0 saturated heterocycles. The van der Waals surface area contributed by atoms with Crippen LogP contribution < -0.4 is 0 Å². The molecule has 18 heavy (non-hydrogen) atoms. The molecule has 9 heteroatoms. The van der Waals surface area contributed by atoms with E-state index >= 15 is 0 Å². The van der Waals surface area contributed by atoms with Crippen molar-refractivity contribution >= 4 is 33.4 Å². The van der Waals surface area contributed by atoms with Crippen molar-refractivity contribution in [1.82, 2.24) is 15.2 Å². The van der Waals surface area contributed by atoms with Gasteiger partial charge in [-0.2, -0.15) is 0 Å². The summed E-state index contributed by atoms with van der Waals surface area (Å²) in [5, 5.41) is 6.89. The largest absolute Gasteiger partial charge is 0.408 e. The zero-order chi connectivity index (χ0) is 13.2. The monoisotopic (exact) mass is 305 g/mol. The number of rotatable bonds is 5. The van der Waals surface area contributed by atoms with Crippen LogP contribution in [0.15, 0.2) is 10.6 Å². The molecule has 0 radical (unpaired) electrons. The Morgan fingerprint density at radius 2 is 2.33 bits per heavy atom. The number of hydrogen-bond acceptors (Lipinski definition) is 7. The van der Waals surface area contributed by atoms with Gasteiger partial charge in [0.1, 0.15) is 15.6 Å². The van der Waals surface area contributed by atoms with Crippen molar-refractivity contribution in [3.05, 3.63) is 16.0 Å². The summed E-state index contributed by atoms with van der Waals surface area (Å²) >= 11 is 6.00. The first-order valence-corrected chi connectivity index (χ1v) is 8.26. The predicted octanol–water partition coefficient (Wildman–Crippen LogP) is 2.18. The molecule has 0 aliphatic rings. The normalized spacial score (nSPS) is 11.8. The van der Waals surface area contributed by atoms with Crippen LogP contribution in [0.5, 0.6) is 0 Å². The predicted molar refractivity (Wildman–Crippen MR) is 70.6 cm³/mol. The highest BCUT2D eigenvalue weighted by Gasteiger charge is 2.15. The van der Waals surface area contributed by atoms with Crippen molar-refractivity contribution in [2.75, 3.05) is 5.75 Å². The number of aromatic amines is 1. The molecule has 1 N–H and O–H groups in total. The second kappa shape index (κ2) is 5.29. The number of nitrogens with zero attached hydrogens (tertiary/aromatic N) is 2. The topological polar surface area (TPSA) is 88.9 Å². The van der Waals surface area contributed by atoms with Crippen molar-refractivity contribution in [2.45, 2.75) is 19.1 Å². The number of aromatic nitrogens is 3. The van der Waals surface area contributed by atoms with Crippen LogP contribution in [0, 0.1) is 4.84 Å². The van der Waals surface area contributed by atoms with Crippen LogP contribution in [0.2, 0.25) is 0 Å². The molecular formula is C9H11N3O3S3. The summed E-state index contributed by atoms with van der Waals surface area (Å²) in [6.07, 6.45) is 2.14. The lowest BCUT2D eigenvalue weighted by Gasteiger charge is -1.98. The quantitative estimate of drug-likeness (QED) is 0.852. The summed E-state index contributed by atoms with van der Waals surface area (Å²) in [5.41, 5.74) is 0. The Morgan fingerprint density at radius 1 is 1.56 bits per heavy atom. The maximum absolute atomic E-state index is 11.7. The highest BCUT2D eigenvalue weighted by Crippen LogP contribution is 2.25. The highest BCUT2D eigenvalue weighted by molar-refractivity contribution is 7.90. The fraction of sp³-hybridized carbons (Fsp3) is 0.444. The van der Waals surface area contributed by atoms with E-state index in [0.717, 1.165) is 0 Å². The number of thiazole rings is 1. The van der Waals surface area contributed by atoms with E-state index in [1.165, 1.54) is 17.5 Å². The molecule has 0 bridgehead atoms. The molecule has 0 atom stereocenters. The molecule has 98 valence electrons. The third kappa shape index (κ3) is 3.24. The molecule has 0 aromatic carbocycles. The third-order valence-corrected chi connectivity index (χ3v) is 5.15. The summed E-state index contributed by atoms with van der Waals surface area (Å²) < 4.78 is 28.4. The Bertz CT molecular complexity index is 683. The van der Waals surface area contributed by atoms with Crippen LogP contribution in [0.3, 0.4) is 0 Å². The van der Waals surface area contributed by atoms with E-state index in [9.17, 15) is 8.42 Å². The molecule has 0 aliphatic carbocycles. The number of nitrogens with one attached hydrogen (secondary N) is 1. The zero-order valence-corrected chi connectivity index (χ0v) is 12.0. The lowest BCUT2D eigenvalue weighted by Crippen LogP contribution is -2.08. The van der Waals surface area contributed by atoms with E-state index in [-0.39, 0.29) is 16.3 Å². The van der Waals surface area contributed by atoms with Gasteiger partial charge in [0.25, 0.3) is 10.7 Å². The van der Waals surface area contributed by atoms with Crippen molar-refractivity contribution in [3.8, 4) is 10.8 Å². The lowest BCUT2D eigenvalue weighted by atomic mass is 10.6. The van der Waals surface area contributed by atoms with Gasteiger partial charge >= 0.3 is 0 Å². The van der Waals surface area contributed by atoms with Gasteiger partial charge in [-0.05, 0) is 18.6 Å². The summed E-state index contributed by atoms with van der Waals surface area (Å²) in [5.74, 6) is 0.457. The minimum Gasteiger partial charge on any atom is -0.408 e. The molecule has 0 aliphatic heterocycles. The minimum absolute atomic E-state index is 0.0450. The first-order chi connectivity index (χ1) is 8.50. The zero-order valence-electron chi connectivity index (χ0n) is 9.54. The minimum atomic E-state index is -3.08. The second-order valence-corrected chi connectivity index (χ2v) is 7.30. The van der Waals surface area contributed by atoms with Gasteiger partial charge in [-0.15, -0.1) is 16.4 Å². The third-order valence-electron chi connectivity index (χ3n) is 2.06. The molecule has 6 nitrogen and oxygen atoms in total. The molecule has 0 fully saturated rings. The van der Waals surface area contributed by atoms with Gasteiger partial charge in [-0.3, -0.25) is 0 Å². The summed E-state index contributed by atoms with van der Waals surface area (Å²) in [6, 6.07) is 0. The molecule has 0 unspecified atom stereocenters.